The Kier molecular flexibility index (Phi) is 53.9. The number of piperidine rings is 1. The summed E-state index contributed by atoms with van der Waals surface area (Å²) in [6, 6.07) is 0. The molecule has 7 heteroatoms. The Morgan fingerprint density at radius 3 is 1.32 bits per heavy atom. The van der Waals surface area contributed by atoms with Gasteiger partial charge in [0.15, 0.2) is 0 Å². The smallest absolute Gasteiger partial charge is 0.305 e. The van der Waals surface area contributed by atoms with E-state index in [9.17, 15) is 9.59 Å². The van der Waals surface area contributed by atoms with Gasteiger partial charge in [-0.2, -0.15) is 0 Å². The zero-order valence-electron chi connectivity index (χ0n) is 47.0. The van der Waals surface area contributed by atoms with Gasteiger partial charge in [-0.1, -0.05) is 223 Å². The van der Waals surface area contributed by atoms with Gasteiger partial charge in [-0.15, -0.1) is 0 Å². The highest BCUT2D eigenvalue weighted by atomic mass is 16.5. The molecule has 1 unspecified atom stereocenters. The lowest BCUT2D eigenvalue weighted by atomic mass is 9.93. The molecule has 0 saturated carbocycles. The zero-order chi connectivity index (χ0) is 49.1. The van der Waals surface area contributed by atoms with Crippen molar-refractivity contribution >= 4 is 11.9 Å². The molecule has 0 aromatic heterocycles. The van der Waals surface area contributed by atoms with E-state index in [1.165, 1.54) is 186 Å². The molecule has 1 aliphatic heterocycles. The van der Waals surface area contributed by atoms with E-state index in [4.69, 9.17) is 4.74 Å². The van der Waals surface area contributed by atoms with Crippen LogP contribution in [0.4, 0.5) is 0 Å². The van der Waals surface area contributed by atoms with Gasteiger partial charge in [0, 0.05) is 45.1 Å². The highest BCUT2D eigenvalue weighted by Gasteiger charge is 2.25. The Balaban J connectivity index is 0. The molecule has 1 saturated heterocycles. The molecule has 0 bridgehead atoms. The van der Waals surface area contributed by atoms with Crippen LogP contribution in [0.3, 0.4) is 0 Å². The molecular formula is C59H122N4O3. The highest BCUT2D eigenvalue weighted by molar-refractivity contribution is 5.78. The molecule has 0 aromatic carbocycles. The molecule has 1 atom stereocenters. The molecule has 66 heavy (non-hydrogen) atoms. The monoisotopic (exact) mass is 935 g/mol. The van der Waals surface area contributed by atoms with Crippen molar-refractivity contribution in [2.24, 2.45) is 11.8 Å². The molecule has 1 fully saturated rings. The van der Waals surface area contributed by atoms with Crippen molar-refractivity contribution in [2.75, 3.05) is 78.6 Å². The van der Waals surface area contributed by atoms with Gasteiger partial charge < -0.3 is 19.4 Å². The molecule has 1 rings (SSSR count). The van der Waals surface area contributed by atoms with Crippen LogP contribution in [0.15, 0.2) is 0 Å². The van der Waals surface area contributed by atoms with Gasteiger partial charge in [0.2, 0.25) is 5.91 Å². The number of likely N-dealkylation sites (tertiary alicyclic amines) is 1. The second-order valence-corrected chi connectivity index (χ2v) is 20.7. The highest BCUT2D eigenvalue weighted by Crippen LogP contribution is 2.22. The number of unbranched alkanes of at least 4 members (excludes halogenated alkanes) is 22. The third-order valence-electron chi connectivity index (χ3n) is 13.6. The summed E-state index contributed by atoms with van der Waals surface area (Å²) < 4.78 is 5.64. The van der Waals surface area contributed by atoms with Crippen molar-refractivity contribution in [1.82, 2.24) is 19.6 Å². The lowest BCUT2D eigenvalue weighted by molar-refractivity contribution is -0.145. The summed E-state index contributed by atoms with van der Waals surface area (Å²) in [5.74, 6) is 1.36. The third-order valence-corrected chi connectivity index (χ3v) is 13.6. The summed E-state index contributed by atoms with van der Waals surface area (Å²) in [5.41, 5.74) is 0. The molecule has 0 aliphatic carbocycles. The fourth-order valence-corrected chi connectivity index (χ4v) is 8.89. The van der Waals surface area contributed by atoms with Crippen LogP contribution >= 0.6 is 0 Å². The Morgan fingerprint density at radius 2 is 0.864 bits per heavy atom. The third kappa shape index (κ3) is 45.3. The van der Waals surface area contributed by atoms with E-state index < -0.39 is 0 Å². The van der Waals surface area contributed by atoms with Crippen molar-refractivity contribution in [3.8, 4) is 0 Å². The first-order valence-corrected chi connectivity index (χ1v) is 29.8. The van der Waals surface area contributed by atoms with Crippen LogP contribution < -0.4 is 0 Å². The van der Waals surface area contributed by atoms with Gasteiger partial charge in [0.05, 0.1) is 13.2 Å². The van der Waals surface area contributed by atoms with Crippen LogP contribution in [0.2, 0.25) is 0 Å². The van der Waals surface area contributed by atoms with Crippen LogP contribution in [0.25, 0.3) is 0 Å². The Hall–Kier alpha value is -1.18. The summed E-state index contributed by atoms with van der Waals surface area (Å²) in [7, 11) is 0. The quantitative estimate of drug-likeness (QED) is 0.0448. The van der Waals surface area contributed by atoms with Crippen LogP contribution in [0.5, 0.6) is 0 Å². The van der Waals surface area contributed by atoms with E-state index in [1.807, 2.05) is 0 Å². The maximum Gasteiger partial charge on any atom is 0.305 e. The molecule has 0 aromatic rings. The van der Waals surface area contributed by atoms with Gasteiger partial charge in [0.25, 0.3) is 0 Å². The number of carbonyl (C=O) groups is 2. The SMILES string of the molecule is CCC.CCCC.CCCCCCCCCN(CCCCCCCCC)CCN(CCCCCCCCC)CC(=O)N1CCC(CCN(CCCC)CC(C)COC(=O)CCCCC)CC1. The number of nitrogens with zero attached hydrogens (tertiary/aromatic N) is 4. The zero-order valence-corrected chi connectivity index (χ0v) is 47.0. The maximum atomic E-state index is 13.9. The van der Waals surface area contributed by atoms with Crippen molar-refractivity contribution in [2.45, 2.75) is 281 Å². The van der Waals surface area contributed by atoms with Gasteiger partial charge >= 0.3 is 5.97 Å². The fraction of sp³-hybridized carbons (Fsp3) is 0.966. The Morgan fingerprint density at radius 1 is 0.470 bits per heavy atom. The Labute approximate surface area is 415 Å². The number of hydrogen-bond acceptors (Lipinski definition) is 6. The minimum Gasteiger partial charge on any atom is -0.465 e. The summed E-state index contributed by atoms with van der Waals surface area (Å²) >= 11 is 0. The van der Waals surface area contributed by atoms with Gasteiger partial charge in [-0.25, -0.2) is 0 Å². The minimum atomic E-state index is -0.0350. The molecule has 1 aliphatic rings. The average Bonchev–Trinajstić information content (AvgIpc) is 3.32. The number of hydrogen-bond donors (Lipinski definition) is 0. The number of ether oxygens (including phenoxy) is 1. The van der Waals surface area contributed by atoms with Crippen LogP contribution in [-0.2, 0) is 14.3 Å². The standard InChI is InChI=1S/C52H104N4O3.C4H10.C3H8/c1-7-12-17-20-23-26-30-38-53(39-31-27-24-21-18-13-8-2)44-45-55(40-32-28-25-22-19-14-9-3)47-51(57)56-42-35-50(36-43-56)34-41-54(37-16-11-5)46-49(6)48-59-52(58)33-29-15-10-4;1-3-4-2;1-3-2/h49-50H,7-48H2,1-6H3;3-4H2,1-2H3;3H2,1-2H3. The number of carbonyl (C=O) groups excluding carboxylic acids is 2. The minimum absolute atomic E-state index is 0.0350. The number of esters is 1. The maximum absolute atomic E-state index is 13.9. The molecule has 396 valence electrons. The van der Waals surface area contributed by atoms with E-state index in [0.29, 0.717) is 37.3 Å². The molecule has 0 radical (unpaired) electrons. The number of amides is 1. The summed E-state index contributed by atoms with van der Waals surface area (Å²) in [6.07, 6.45) is 41.8. The van der Waals surface area contributed by atoms with E-state index in [-0.39, 0.29) is 5.97 Å². The topological polar surface area (TPSA) is 56.3 Å². The van der Waals surface area contributed by atoms with Gasteiger partial charge in [0.1, 0.15) is 0 Å². The van der Waals surface area contributed by atoms with Crippen molar-refractivity contribution in [3.05, 3.63) is 0 Å². The van der Waals surface area contributed by atoms with Crippen molar-refractivity contribution in [3.63, 3.8) is 0 Å². The fourth-order valence-electron chi connectivity index (χ4n) is 8.89. The first kappa shape index (κ1) is 66.9. The molecule has 1 heterocycles. The molecule has 7 nitrogen and oxygen atoms in total. The predicted octanol–water partition coefficient (Wildman–Crippen LogP) is 16.6. The van der Waals surface area contributed by atoms with E-state index >= 15 is 0 Å². The predicted molar refractivity (Wildman–Crippen MR) is 293 cm³/mol. The first-order chi connectivity index (χ1) is 32.2. The second kappa shape index (κ2) is 53.2. The molecule has 0 spiro atoms. The van der Waals surface area contributed by atoms with Gasteiger partial charge in [-0.3, -0.25) is 14.5 Å². The van der Waals surface area contributed by atoms with Crippen LogP contribution in [0.1, 0.15) is 281 Å². The van der Waals surface area contributed by atoms with E-state index in [0.717, 1.165) is 84.5 Å². The molecule has 0 N–H and O–H groups in total. The van der Waals surface area contributed by atoms with Gasteiger partial charge in [-0.05, 0) is 90.0 Å². The summed E-state index contributed by atoms with van der Waals surface area (Å²) in [4.78, 5) is 36.2. The van der Waals surface area contributed by atoms with Crippen molar-refractivity contribution in [1.29, 1.82) is 0 Å². The van der Waals surface area contributed by atoms with E-state index in [2.05, 4.69) is 88.8 Å². The average molecular weight is 936 g/mol. The lowest BCUT2D eigenvalue weighted by Gasteiger charge is -2.35. The lowest BCUT2D eigenvalue weighted by Crippen LogP contribution is -2.46. The molecular weight excluding hydrogens is 813 g/mol. The first-order valence-electron chi connectivity index (χ1n) is 29.8. The largest absolute Gasteiger partial charge is 0.465 e. The normalized spacial score (nSPS) is 13.5. The Bertz CT molecular complexity index is 953. The molecule has 1 amide bonds. The van der Waals surface area contributed by atoms with Crippen LogP contribution in [-0.4, -0.2) is 110 Å². The summed E-state index contributed by atoms with van der Waals surface area (Å²) in [5, 5.41) is 0. The van der Waals surface area contributed by atoms with E-state index in [1.54, 1.807) is 0 Å². The van der Waals surface area contributed by atoms with Crippen molar-refractivity contribution < 1.29 is 14.3 Å². The van der Waals surface area contributed by atoms with Crippen LogP contribution in [0, 0.1) is 11.8 Å². The number of rotatable bonds is 44. The second-order valence-electron chi connectivity index (χ2n) is 20.7. The summed E-state index contributed by atoms with van der Waals surface area (Å²) in [6.45, 7) is 34.0.